The van der Waals surface area contributed by atoms with Crippen molar-refractivity contribution >= 4 is 23.8 Å². The highest BCUT2D eigenvalue weighted by Gasteiger charge is 2.42. The number of hydrogen-bond donors (Lipinski definition) is 3. The summed E-state index contributed by atoms with van der Waals surface area (Å²) in [6, 6.07) is 1.18. The Bertz CT molecular complexity index is 778. The molecule has 9 nitrogen and oxygen atoms in total. The SMILES string of the molecule is COC(=O)C(C(=O)OC)[C@H](C)[C@H](NC(=O)[C@@H](O)c1ccc(C(F)(F)F)cc1)C(=O)O. The van der Waals surface area contributed by atoms with E-state index in [1.54, 1.807) is 0 Å². The van der Waals surface area contributed by atoms with Crippen molar-refractivity contribution in [3.63, 3.8) is 0 Å². The van der Waals surface area contributed by atoms with Crippen LogP contribution in [0.2, 0.25) is 0 Å². The second kappa shape index (κ2) is 10.1. The number of aliphatic carboxylic acids is 1. The lowest BCUT2D eigenvalue weighted by molar-refractivity contribution is -0.163. The second-order valence-electron chi connectivity index (χ2n) is 6.23. The molecular formula is C18H20F3NO8. The predicted octanol–water partition coefficient (Wildman–Crippen LogP) is 0.907. The molecule has 0 heterocycles. The van der Waals surface area contributed by atoms with E-state index in [0.717, 1.165) is 26.4 Å². The molecule has 12 heteroatoms. The van der Waals surface area contributed by atoms with Gasteiger partial charge >= 0.3 is 24.1 Å². The number of ether oxygens (including phenoxy) is 2. The van der Waals surface area contributed by atoms with Crippen molar-refractivity contribution in [2.24, 2.45) is 11.8 Å². The Hall–Kier alpha value is -3.15. The molecule has 0 saturated carbocycles. The summed E-state index contributed by atoms with van der Waals surface area (Å²) in [4.78, 5) is 47.6. The minimum atomic E-state index is -4.62. The van der Waals surface area contributed by atoms with Gasteiger partial charge in [-0.25, -0.2) is 4.79 Å². The molecule has 0 aliphatic carbocycles. The van der Waals surface area contributed by atoms with Crippen LogP contribution in [0, 0.1) is 11.8 Å². The third-order valence-electron chi connectivity index (χ3n) is 4.33. The zero-order chi connectivity index (χ0) is 23.2. The maximum atomic E-state index is 12.6. The lowest BCUT2D eigenvalue weighted by Crippen LogP contribution is -2.51. The first kappa shape index (κ1) is 24.9. The van der Waals surface area contributed by atoms with Crippen molar-refractivity contribution in [2.45, 2.75) is 25.2 Å². The molecule has 0 fully saturated rings. The Kier molecular flexibility index (Phi) is 8.34. The molecule has 0 aliphatic rings. The first-order valence-electron chi connectivity index (χ1n) is 8.39. The molecule has 0 saturated heterocycles. The molecule has 1 amide bonds. The Labute approximate surface area is 168 Å². The fraction of sp³-hybridized carbons (Fsp3) is 0.444. The first-order valence-corrected chi connectivity index (χ1v) is 8.39. The van der Waals surface area contributed by atoms with Crippen molar-refractivity contribution in [1.29, 1.82) is 0 Å². The van der Waals surface area contributed by atoms with Gasteiger partial charge in [-0.15, -0.1) is 0 Å². The van der Waals surface area contributed by atoms with E-state index in [0.29, 0.717) is 12.1 Å². The maximum Gasteiger partial charge on any atom is 0.416 e. The summed E-state index contributed by atoms with van der Waals surface area (Å²) in [6.45, 7) is 1.17. The summed E-state index contributed by atoms with van der Waals surface area (Å²) >= 11 is 0. The average Bonchev–Trinajstić information content (AvgIpc) is 2.69. The Morgan fingerprint density at radius 3 is 1.83 bits per heavy atom. The van der Waals surface area contributed by atoms with E-state index in [4.69, 9.17) is 0 Å². The van der Waals surface area contributed by atoms with E-state index in [2.05, 4.69) is 9.47 Å². The summed E-state index contributed by atoms with van der Waals surface area (Å²) in [5.41, 5.74) is -1.23. The van der Waals surface area contributed by atoms with Gasteiger partial charge in [0.25, 0.3) is 5.91 Å². The number of carbonyl (C=O) groups is 4. The van der Waals surface area contributed by atoms with Gasteiger partial charge in [-0.1, -0.05) is 19.1 Å². The number of benzene rings is 1. The topological polar surface area (TPSA) is 139 Å². The van der Waals surface area contributed by atoms with Gasteiger partial charge in [0.05, 0.1) is 19.8 Å². The van der Waals surface area contributed by atoms with Gasteiger partial charge in [0, 0.05) is 5.92 Å². The third kappa shape index (κ3) is 5.92. The van der Waals surface area contributed by atoms with Crippen LogP contribution < -0.4 is 5.32 Å². The van der Waals surface area contributed by atoms with E-state index >= 15 is 0 Å². The number of carbonyl (C=O) groups excluding carboxylic acids is 3. The van der Waals surface area contributed by atoms with Crippen LogP contribution in [0.5, 0.6) is 0 Å². The Morgan fingerprint density at radius 2 is 1.47 bits per heavy atom. The highest BCUT2D eigenvalue weighted by molar-refractivity contribution is 5.96. The van der Waals surface area contributed by atoms with Crippen molar-refractivity contribution in [1.82, 2.24) is 5.32 Å². The number of amides is 1. The number of aliphatic hydroxyl groups is 1. The Morgan fingerprint density at radius 1 is 1.00 bits per heavy atom. The molecule has 1 aromatic rings. The smallest absolute Gasteiger partial charge is 0.416 e. The van der Waals surface area contributed by atoms with Gasteiger partial charge in [0.15, 0.2) is 12.0 Å². The number of aliphatic hydroxyl groups excluding tert-OH is 1. The largest absolute Gasteiger partial charge is 0.480 e. The summed E-state index contributed by atoms with van der Waals surface area (Å²) in [5.74, 6) is -8.14. The molecule has 30 heavy (non-hydrogen) atoms. The molecular weight excluding hydrogens is 415 g/mol. The van der Waals surface area contributed by atoms with Gasteiger partial charge in [0.1, 0.15) is 6.04 Å². The number of alkyl halides is 3. The van der Waals surface area contributed by atoms with Gasteiger partial charge in [-0.05, 0) is 17.7 Å². The number of carboxylic acids is 1. The number of methoxy groups -OCH3 is 2. The number of hydrogen-bond acceptors (Lipinski definition) is 7. The van der Waals surface area contributed by atoms with E-state index < -0.39 is 59.5 Å². The molecule has 3 N–H and O–H groups in total. The molecule has 0 spiro atoms. The molecule has 0 radical (unpaired) electrons. The number of halogens is 3. The van der Waals surface area contributed by atoms with Crippen molar-refractivity contribution in [3.8, 4) is 0 Å². The minimum Gasteiger partial charge on any atom is -0.480 e. The van der Waals surface area contributed by atoms with E-state index in [-0.39, 0.29) is 5.56 Å². The third-order valence-corrected chi connectivity index (χ3v) is 4.33. The van der Waals surface area contributed by atoms with Crippen LogP contribution >= 0.6 is 0 Å². The van der Waals surface area contributed by atoms with Crippen LogP contribution in [0.25, 0.3) is 0 Å². The monoisotopic (exact) mass is 435 g/mol. The zero-order valence-corrected chi connectivity index (χ0v) is 16.1. The molecule has 0 unspecified atom stereocenters. The highest BCUT2D eigenvalue weighted by Crippen LogP contribution is 2.30. The maximum absolute atomic E-state index is 12.6. The summed E-state index contributed by atoms with van der Waals surface area (Å²) in [5, 5.41) is 21.4. The molecule has 0 bridgehead atoms. The van der Waals surface area contributed by atoms with Gasteiger partial charge < -0.3 is 25.0 Å². The summed E-state index contributed by atoms with van der Waals surface area (Å²) in [6.07, 6.45) is -6.62. The highest BCUT2D eigenvalue weighted by atomic mass is 19.4. The molecule has 166 valence electrons. The quantitative estimate of drug-likeness (QED) is 0.404. The number of carboxylic acid groups (broad SMARTS) is 1. The van der Waals surface area contributed by atoms with Crippen LogP contribution in [0.15, 0.2) is 24.3 Å². The average molecular weight is 435 g/mol. The van der Waals surface area contributed by atoms with Crippen LogP contribution in [-0.4, -0.2) is 54.3 Å². The number of esters is 2. The Balaban J connectivity index is 3.06. The second-order valence-corrected chi connectivity index (χ2v) is 6.23. The zero-order valence-electron chi connectivity index (χ0n) is 16.1. The van der Waals surface area contributed by atoms with E-state index in [1.165, 1.54) is 6.92 Å². The lowest BCUT2D eigenvalue weighted by Gasteiger charge is -2.26. The number of rotatable bonds is 8. The van der Waals surface area contributed by atoms with Crippen LogP contribution in [0.1, 0.15) is 24.2 Å². The van der Waals surface area contributed by atoms with Crippen LogP contribution in [0.3, 0.4) is 0 Å². The van der Waals surface area contributed by atoms with Gasteiger partial charge in [-0.2, -0.15) is 13.2 Å². The number of nitrogens with one attached hydrogen (secondary N) is 1. The fourth-order valence-corrected chi connectivity index (χ4v) is 2.63. The van der Waals surface area contributed by atoms with E-state index in [1.807, 2.05) is 5.32 Å². The fourth-order valence-electron chi connectivity index (χ4n) is 2.63. The van der Waals surface area contributed by atoms with Gasteiger partial charge in [-0.3, -0.25) is 14.4 Å². The van der Waals surface area contributed by atoms with E-state index in [9.17, 15) is 42.6 Å². The van der Waals surface area contributed by atoms with Crippen molar-refractivity contribution in [2.75, 3.05) is 14.2 Å². The molecule has 0 aromatic heterocycles. The lowest BCUT2D eigenvalue weighted by atomic mass is 9.87. The predicted molar refractivity (Wildman–Crippen MR) is 92.7 cm³/mol. The van der Waals surface area contributed by atoms with Crippen LogP contribution in [-0.2, 0) is 34.8 Å². The normalized spacial score (nSPS) is 14.4. The van der Waals surface area contributed by atoms with Crippen molar-refractivity contribution < 1.29 is 52.0 Å². The van der Waals surface area contributed by atoms with Gasteiger partial charge in [0.2, 0.25) is 0 Å². The molecule has 1 aromatic carbocycles. The summed E-state index contributed by atoms with van der Waals surface area (Å²) in [7, 11) is 1.93. The standard InChI is InChI=1S/C18H20F3NO8/c1-8(11(16(27)29-2)17(28)30-3)12(15(25)26)22-14(24)13(23)9-4-6-10(7-5-9)18(19,20)21/h4-8,11-13,23H,1-3H3,(H,22,24)(H,25,26)/t8-,12-,13-/m0/s1. The van der Waals surface area contributed by atoms with Crippen LogP contribution in [0.4, 0.5) is 13.2 Å². The molecule has 0 aliphatic heterocycles. The van der Waals surface area contributed by atoms with Crippen molar-refractivity contribution in [3.05, 3.63) is 35.4 Å². The molecule has 3 atom stereocenters. The first-order chi connectivity index (χ1) is 13.8. The molecule has 1 rings (SSSR count). The minimum absolute atomic E-state index is 0.227. The summed E-state index contributed by atoms with van der Waals surface area (Å²) < 4.78 is 46.8.